The monoisotopic (exact) mass is 391 g/mol. The first kappa shape index (κ1) is 20.7. The van der Waals surface area contributed by atoms with Gasteiger partial charge in [0.05, 0.1) is 26.4 Å². The predicted molar refractivity (Wildman–Crippen MR) is 109 cm³/mol. The van der Waals surface area contributed by atoms with Crippen molar-refractivity contribution in [2.45, 2.75) is 45.9 Å². The molecule has 1 aromatic rings. The zero-order chi connectivity index (χ0) is 20.1. The molecule has 0 spiro atoms. The van der Waals surface area contributed by atoms with E-state index >= 15 is 0 Å². The highest BCUT2D eigenvalue weighted by molar-refractivity contribution is 5.80. The van der Waals surface area contributed by atoms with Crippen molar-refractivity contribution < 1.29 is 19.3 Å². The number of methoxy groups -OCH3 is 1. The molecule has 1 aliphatic carbocycles. The van der Waals surface area contributed by atoms with Crippen molar-refractivity contribution in [3.8, 4) is 11.5 Å². The maximum atomic E-state index is 8.93. The predicted octanol–water partition coefficient (Wildman–Crippen LogP) is 1.93. The van der Waals surface area contributed by atoms with Gasteiger partial charge >= 0.3 is 0 Å². The van der Waals surface area contributed by atoms with Crippen LogP contribution in [-0.2, 0) is 11.3 Å². The molecule has 1 aliphatic heterocycles. The molecule has 7 nitrogen and oxygen atoms in total. The fourth-order valence-electron chi connectivity index (χ4n) is 4.34. The highest BCUT2D eigenvalue weighted by Gasteiger charge is 2.59. The number of aliphatic hydroxyl groups excluding tert-OH is 1. The molecule has 156 valence electrons. The summed E-state index contributed by atoms with van der Waals surface area (Å²) in [5.74, 6) is 2.65. The van der Waals surface area contributed by atoms with Crippen LogP contribution in [0.15, 0.2) is 23.2 Å². The van der Waals surface area contributed by atoms with Crippen molar-refractivity contribution in [3.05, 3.63) is 23.8 Å². The Kier molecular flexibility index (Phi) is 6.67. The second-order valence-corrected chi connectivity index (χ2v) is 7.94. The van der Waals surface area contributed by atoms with Crippen LogP contribution in [0.1, 0.15) is 32.8 Å². The Morgan fingerprint density at radius 2 is 2.18 bits per heavy atom. The van der Waals surface area contributed by atoms with Gasteiger partial charge in [0.25, 0.3) is 0 Å². The van der Waals surface area contributed by atoms with Crippen molar-refractivity contribution in [1.82, 2.24) is 10.6 Å². The van der Waals surface area contributed by atoms with Crippen LogP contribution < -0.4 is 20.1 Å². The van der Waals surface area contributed by atoms with Gasteiger partial charge in [0.2, 0.25) is 0 Å². The number of rotatable bonds is 8. The van der Waals surface area contributed by atoms with Gasteiger partial charge in [-0.25, -0.2) is 4.99 Å². The van der Waals surface area contributed by atoms with Crippen molar-refractivity contribution in [1.29, 1.82) is 0 Å². The molecular formula is C21H33N3O4. The Balaban J connectivity index is 1.67. The second kappa shape index (κ2) is 9.01. The van der Waals surface area contributed by atoms with E-state index in [9.17, 15) is 0 Å². The first-order valence-electron chi connectivity index (χ1n) is 10.1. The largest absolute Gasteiger partial charge is 0.493 e. The molecule has 1 aromatic carbocycles. The van der Waals surface area contributed by atoms with Gasteiger partial charge in [0, 0.05) is 30.5 Å². The van der Waals surface area contributed by atoms with Gasteiger partial charge in [-0.15, -0.1) is 0 Å². The van der Waals surface area contributed by atoms with Crippen LogP contribution >= 0.6 is 0 Å². The van der Waals surface area contributed by atoms with Gasteiger partial charge in [-0.2, -0.15) is 0 Å². The zero-order valence-electron chi connectivity index (χ0n) is 17.3. The average molecular weight is 392 g/mol. The molecule has 3 unspecified atom stereocenters. The Bertz CT molecular complexity index is 692. The third kappa shape index (κ3) is 4.20. The quantitative estimate of drug-likeness (QED) is 0.464. The molecule has 7 heteroatoms. The van der Waals surface area contributed by atoms with E-state index in [2.05, 4.69) is 31.4 Å². The first-order valence-corrected chi connectivity index (χ1v) is 10.1. The zero-order valence-corrected chi connectivity index (χ0v) is 17.3. The maximum absolute atomic E-state index is 8.93. The normalized spacial score (nSPS) is 25.6. The summed E-state index contributed by atoms with van der Waals surface area (Å²) in [6.07, 6.45) is 1.46. The van der Waals surface area contributed by atoms with Gasteiger partial charge in [0.1, 0.15) is 6.61 Å². The summed E-state index contributed by atoms with van der Waals surface area (Å²) in [6, 6.07) is 6.11. The van der Waals surface area contributed by atoms with Crippen LogP contribution in [0.4, 0.5) is 0 Å². The van der Waals surface area contributed by atoms with E-state index in [4.69, 9.17) is 24.3 Å². The minimum atomic E-state index is -0.0304. The smallest absolute Gasteiger partial charge is 0.191 e. The number of guanidine groups is 1. The van der Waals surface area contributed by atoms with Gasteiger partial charge in [-0.05, 0) is 31.0 Å². The van der Waals surface area contributed by atoms with Gasteiger partial charge in [-0.3, -0.25) is 0 Å². The number of aliphatic hydroxyl groups is 1. The number of benzene rings is 1. The van der Waals surface area contributed by atoms with E-state index in [1.54, 1.807) is 7.11 Å². The number of aliphatic imine (C=N–C) groups is 1. The molecule has 2 fully saturated rings. The number of hydrogen-bond donors (Lipinski definition) is 3. The van der Waals surface area contributed by atoms with E-state index < -0.39 is 0 Å². The summed E-state index contributed by atoms with van der Waals surface area (Å²) >= 11 is 0. The molecule has 0 amide bonds. The van der Waals surface area contributed by atoms with E-state index in [-0.39, 0.29) is 18.6 Å². The first-order chi connectivity index (χ1) is 13.5. The fourth-order valence-corrected chi connectivity index (χ4v) is 4.34. The molecule has 0 radical (unpaired) electrons. The van der Waals surface area contributed by atoms with E-state index in [1.165, 1.54) is 0 Å². The lowest BCUT2D eigenvalue weighted by Crippen LogP contribution is -2.67. The molecule has 2 aliphatic rings. The standard InChI is InChI=1S/C21H33N3O4/c1-5-22-20(24-18-15-8-10-28-19(15)21(18,2)3)23-13-14-6-7-16(27-11-9-25)17(12-14)26-4/h6-7,12,15,18-19,25H,5,8-11,13H2,1-4H3,(H2,22,23,24). The SMILES string of the molecule is CCNC(=NCc1ccc(OCCO)c(OC)c1)NC1C2CCOC2C1(C)C. The van der Waals surface area contributed by atoms with Crippen LogP contribution in [0.2, 0.25) is 0 Å². The number of fused-ring (bicyclic) bond motifs is 1. The number of hydrogen-bond acceptors (Lipinski definition) is 5. The molecule has 1 saturated heterocycles. The molecule has 0 aromatic heterocycles. The highest BCUT2D eigenvalue weighted by Crippen LogP contribution is 2.52. The maximum Gasteiger partial charge on any atom is 0.191 e. The molecule has 3 atom stereocenters. The second-order valence-electron chi connectivity index (χ2n) is 7.94. The van der Waals surface area contributed by atoms with Crippen LogP contribution in [0.25, 0.3) is 0 Å². The van der Waals surface area contributed by atoms with E-state index in [0.29, 0.717) is 36.1 Å². The third-order valence-corrected chi connectivity index (χ3v) is 5.73. The van der Waals surface area contributed by atoms with E-state index in [0.717, 1.165) is 31.1 Å². The summed E-state index contributed by atoms with van der Waals surface area (Å²) in [5, 5.41) is 15.9. The molecule has 28 heavy (non-hydrogen) atoms. The topological polar surface area (TPSA) is 84.3 Å². The van der Waals surface area contributed by atoms with Crippen molar-refractivity contribution in [2.24, 2.45) is 16.3 Å². The third-order valence-electron chi connectivity index (χ3n) is 5.73. The molecule has 0 bridgehead atoms. The Morgan fingerprint density at radius 1 is 1.36 bits per heavy atom. The van der Waals surface area contributed by atoms with Crippen molar-refractivity contribution in [2.75, 3.05) is 33.5 Å². The van der Waals surface area contributed by atoms with Crippen LogP contribution in [0.5, 0.6) is 11.5 Å². The molecule has 3 rings (SSSR count). The average Bonchev–Trinajstić information content (AvgIpc) is 3.15. The van der Waals surface area contributed by atoms with E-state index in [1.807, 2.05) is 18.2 Å². The lowest BCUT2D eigenvalue weighted by molar-refractivity contribution is -0.106. The summed E-state index contributed by atoms with van der Waals surface area (Å²) in [4.78, 5) is 4.77. The van der Waals surface area contributed by atoms with Crippen LogP contribution in [-0.4, -0.2) is 56.7 Å². The molecule has 1 saturated carbocycles. The molecular weight excluding hydrogens is 358 g/mol. The van der Waals surface area contributed by atoms with Gasteiger partial charge in [-0.1, -0.05) is 19.9 Å². The molecule has 3 N–H and O–H groups in total. The minimum Gasteiger partial charge on any atom is -0.493 e. The lowest BCUT2D eigenvalue weighted by atomic mass is 9.57. The van der Waals surface area contributed by atoms with Crippen LogP contribution in [0.3, 0.4) is 0 Å². The summed E-state index contributed by atoms with van der Waals surface area (Å²) in [5.41, 5.74) is 1.13. The Hall–Kier alpha value is -1.99. The summed E-state index contributed by atoms with van der Waals surface area (Å²) in [7, 11) is 1.61. The van der Waals surface area contributed by atoms with Crippen molar-refractivity contribution >= 4 is 5.96 Å². The lowest BCUT2D eigenvalue weighted by Gasteiger charge is -2.54. The number of nitrogens with one attached hydrogen (secondary N) is 2. The number of nitrogens with zero attached hydrogens (tertiary/aromatic N) is 1. The Morgan fingerprint density at radius 3 is 2.89 bits per heavy atom. The van der Waals surface area contributed by atoms with Gasteiger partial charge in [0.15, 0.2) is 17.5 Å². The summed E-state index contributed by atoms with van der Waals surface area (Å²) in [6.45, 7) is 9.00. The van der Waals surface area contributed by atoms with Gasteiger partial charge < -0.3 is 30.0 Å². The number of ether oxygens (including phenoxy) is 3. The summed E-state index contributed by atoms with van der Waals surface area (Å²) < 4.78 is 16.8. The van der Waals surface area contributed by atoms with Crippen LogP contribution in [0, 0.1) is 11.3 Å². The van der Waals surface area contributed by atoms with Crippen molar-refractivity contribution in [3.63, 3.8) is 0 Å². The Labute approximate surface area is 167 Å². The minimum absolute atomic E-state index is 0.0304. The molecule has 1 heterocycles. The highest BCUT2D eigenvalue weighted by atomic mass is 16.5. The fraction of sp³-hybridized carbons (Fsp3) is 0.667.